The third-order valence-corrected chi connectivity index (χ3v) is 5.14. The first-order valence-electron chi connectivity index (χ1n) is 9.29. The molecule has 0 saturated heterocycles. The third-order valence-electron chi connectivity index (χ3n) is 4.91. The summed E-state index contributed by atoms with van der Waals surface area (Å²) < 4.78 is 5.31. The van der Waals surface area contributed by atoms with Gasteiger partial charge in [-0.05, 0) is 49.7 Å². The Morgan fingerprint density at radius 2 is 2.08 bits per heavy atom. The van der Waals surface area contributed by atoms with Crippen LogP contribution in [0.1, 0.15) is 44.6 Å². The molecular weight excluding hydrogens is 463 g/mol. The molecular formula is C19H32ClIN4O. The number of aliphatic imine (C=N–C) groups is 1. The summed E-state index contributed by atoms with van der Waals surface area (Å²) in [4.78, 5) is 8.99. The number of hydrogen-bond acceptors (Lipinski definition) is 3. The van der Waals surface area contributed by atoms with E-state index in [0.717, 1.165) is 45.0 Å². The molecule has 0 amide bonds. The number of hydrogen-bond donors (Lipinski definition) is 2. The molecule has 148 valence electrons. The van der Waals surface area contributed by atoms with Crippen molar-refractivity contribution in [1.29, 1.82) is 0 Å². The number of rotatable bonds is 9. The first-order chi connectivity index (χ1) is 12.2. The lowest BCUT2D eigenvalue weighted by molar-refractivity contribution is 0.141. The van der Waals surface area contributed by atoms with Gasteiger partial charge in [-0.3, -0.25) is 4.99 Å². The van der Waals surface area contributed by atoms with Gasteiger partial charge in [0.15, 0.2) is 5.96 Å². The average molecular weight is 495 g/mol. The van der Waals surface area contributed by atoms with Crippen molar-refractivity contribution in [1.82, 2.24) is 15.6 Å². The highest BCUT2D eigenvalue weighted by Crippen LogP contribution is 2.41. The number of methoxy groups -OCH3 is 1. The minimum Gasteiger partial charge on any atom is -0.385 e. The average Bonchev–Trinajstić information content (AvgIpc) is 3.09. The normalized spacial score (nSPS) is 16.2. The van der Waals surface area contributed by atoms with E-state index in [0.29, 0.717) is 10.6 Å². The van der Waals surface area contributed by atoms with Gasteiger partial charge in [0.1, 0.15) is 5.15 Å². The molecule has 0 spiro atoms. The molecule has 1 aliphatic rings. The fourth-order valence-corrected chi connectivity index (χ4v) is 3.51. The van der Waals surface area contributed by atoms with E-state index in [1.54, 1.807) is 7.11 Å². The first kappa shape index (κ1) is 23.4. The molecule has 1 aromatic rings. The number of aromatic nitrogens is 1. The Labute approximate surface area is 179 Å². The van der Waals surface area contributed by atoms with Crippen molar-refractivity contribution in [2.75, 3.05) is 33.4 Å². The van der Waals surface area contributed by atoms with E-state index in [-0.39, 0.29) is 24.0 Å². The van der Waals surface area contributed by atoms with E-state index in [1.165, 1.54) is 31.2 Å². The molecule has 0 atom stereocenters. The predicted molar refractivity (Wildman–Crippen MR) is 120 cm³/mol. The van der Waals surface area contributed by atoms with Crippen molar-refractivity contribution in [3.8, 4) is 0 Å². The summed E-state index contributed by atoms with van der Waals surface area (Å²) in [6, 6.07) is 3.84. The maximum Gasteiger partial charge on any atom is 0.191 e. The SMILES string of the molecule is CCNC(=NCC1(CCOC)CCCC1)NCCc1ccc(Cl)nc1.I. The Morgan fingerprint density at radius 3 is 2.69 bits per heavy atom. The Morgan fingerprint density at radius 1 is 1.31 bits per heavy atom. The van der Waals surface area contributed by atoms with Crippen molar-refractivity contribution in [3.05, 3.63) is 29.0 Å². The van der Waals surface area contributed by atoms with Crippen LogP contribution in [-0.4, -0.2) is 44.3 Å². The van der Waals surface area contributed by atoms with Gasteiger partial charge in [-0.15, -0.1) is 24.0 Å². The monoisotopic (exact) mass is 494 g/mol. The molecule has 1 heterocycles. The van der Waals surface area contributed by atoms with E-state index in [2.05, 4.69) is 22.5 Å². The molecule has 0 aromatic carbocycles. The van der Waals surface area contributed by atoms with E-state index < -0.39 is 0 Å². The van der Waals surface area contributed by atoms with Crippen LogP contribution in [0.5, 0.6) is 0 Å². The van der Waals surface area contributed by atoms with Crippen LogP contribution >= 0.6 is 35.6 Å². The standard InChI is InChI=1S/C19H31ClN4O.HI/c1-3-21-18(22-12-8-16-6-7-17(20)23-14-16)24-15-19(11-13-25-2)9-4-5-10-19;/h6-7,14H,3-5,8-13,15H2,1-2H3,(H2,21,22,24);1H. The molecule has 1 saturated carbocycles. The van der Waals surface area contributed by atoms with Crippen LogP contribution in [-0.2, 0) is 11.2 Å². The highest BCUT2D eigenvalue weighted by molar-refractivity contribution is 14.0. The van der Waals surface area contributed by atoms with Crippen LogP contribution < -0.4 is 10.6 Å². The summed E-state index contributed by atoms with van der Waals surface area (Å²) in [5.74, 6) is 0.896. The Kier molecular flexibility index (Phi) is 11.5. The van der Waals surface area contributed by atoms with Gasteiger partial charge in [0.25, 0.3) is 0 Å². The zero-order valence-electron chi connectivity index (χ0n) is 15.9. The second-order valence-electron chi connectivity index (χ2n) is 6.81. The summed E-state index contributed by atoms with van der Waals surface area (Å²) >= 11 is 5.83. The number of ether oxygens (including phenoxy) is 1. The molecule has 0 unspecified atom stereocenters. The van der Waals surface area contributed by atoms with Crippen molar-refractivity contribution in [2.45, 2.75) is 45.4 Å². The Balaban J connectivity index is 0.00000338. The highest BCUT2D eigenvalue weighted by atomic mass is 127. The lowest BCUT2D eigenvalue weighted by Crippen LogP contribution is -2.39. The van der Waals surface area contributed by atoms with Crippen LogP contribution in [0, 0.1) is 5.41 Å². The lowest BCUT2D eigenvalue weighted by atomic mass is 9.83. The van der Waals surface area contributed by atoms with E-state index in [9.17, 15) is 0 Å². The number of nitrogens with zero attached hydrogens (tertiary/aromatic N) is 2. The van der Waals surface area contributed by atoms with Crippen LogP contribution in [0.3, 0.4) is 0 Å². The minimum absolute atomic E-state index is 0. The van der Waals surface area contributed by atoms with E-state index in [1.807, 2.05) is 18.3 Å². The molecule has 0 radical (unpaired) electrons. The summed E-state index contributed by atoms with van der Waals surface area (Å²) in [7, 11) is 1.78. The molecule has 0 aliphatic heterocycles. The third kappa shape index (κ3) is 7.96. The molecule has 5 nitrogen and oxygen atoms in total. The number of guanidine groups is 1. The topological polar surface area (TPSA) is 58.5 Å². The van der Waals surface area contributed by atoms with Gasteiger partial charge in [0.2, 0.25) is 0 Å². The minimum atomic E-state index is 0. The summed E-state index contributed by atoms with van der Waals surface area (Å²) in [5.41, 5.74) is 1.48. The Bertz CT molecular complexity index is 533. The van der Waals surface area contributed by atoms with Gasteiger partial charge in [-0.25, -0.2) is 4.98 Å². The Hall–Kier alpha value is -0.600. The van der Waals surface area contributed by atoms with Gasteiger partial charge < -0.3 is 15.4 Å². The van der Waals surface area contributed by atoms with E-state index in [4.69, 9.17) is 21.3 Å². The molecule has 2 rings (SSSR count). The zero-order chi connectivity index (χ0) is 18.0. The number of halogens is 2. The smallest absolute Gasteiger partial charge is 0.191 e. The van der Waals surface area contributed by atoms with Crippen LogP contribution in [0.15, 0.2) is 23.3 Å². The summed E-state index contributed by atoms with van der Waals surface area (Å²) in [6.07, 6.45) is 8.96. The van der Waals surface area contributed by atoms with Gasteiger partial charge in [0.05, 0.1) is 0 Å². The molecule has 26 heavy (non-hydrogen) atoms. The van der Waals surface area contributed by atoms with Gasteiger partial charge in [-0.2, -0.15) is 0 Å². The predicted octanol–water partition coefficient (Wildman–Crippen LogP) is 4.05. The van der Waals surface area contributed by atoms with E-state index >= 15 is 0 Å². The quantitative estimate of drug-likeness (QED) is 0.235. The molecule has 7 heteroatoms. The van der Waals surface area contributed by atoms with Crippen molar-refractivity contribution in [3.63, 3.8) is 0 Å². The molecule has 1 aromatic heterocycles. The first-order valence-corrected chi connectivity index (χ1v) is 9.67. The highest BCUT2D eigenvalue weighted by Gasteiger charge is 2.33. The summed E-state index contributed by atoms with van der Waals surface area (Å²) in [5, 5.41) is 7.31. The van der Waals surface area contributed by atoms with Gasteiger partial charge in [-0.1, -0.05) is 30.5 Å². The van der Waals surface area contributed by atoms with Gasteiger partial charge >= 0.3 is 0 Å². The fourth-order valence-electron chi connectivity index (χ4n) is 3.40. The fraction of sp³-hybridized carbons (Fsp3) is 0.684. The second-order valence-corrected chi connectivity index (χ2v) is 7.20. The zero-order valence-corrected chi connectivity index (χ0v) is 19.0. The molecule has 2 N–H and O–H groups in total. The number of pyridine rings is 1. The van der Waals surface area contributed by atoms with Crippen molar-refractivity contribution >= 4 is 41.5 Å². The number of nitrogens with one attached hydrogen (secondary N) is 2. The second kappa shape index (κ2) is 12.7. The lowest BCUT2D eigenvalue weighted by Gasteiger charge is -2.27. The van der Waals surface area contributed by atoms with Crippen LogP contribution in [0.2, 0.25) is 5.15 Å². The van der Waals surface area contributed by atoms with Crippen LogP contribution in [0.4, 0.5) is 0 Å². The van der Waals surface area contributed by atoms with Crippen LogP contribution in [0.25, 0.3) is 0 Å². The molecule has 1 fully saturated rings. The summed E-state index contributed by atoms with van der Waals surface area (Å²) in [6.45, 7) is 5.47. The maximum atomic E-state index is 5.83. The molecule has 1 aliphatic carbocycles. The maximum absolute atomic E-state index is 5.83. The molecule has 0 bridgehead atoms. The largest absolute Gasteiger partial charge is 0.385 e. The van der Waals surface area contributed by atoms with Crippen molar-refractivity contribution < 1.29 is 4.74 Å². The van der Waals surface area contributed by atoms with Gasteiger partial charge in [0, 0.05) is 39.5 Å². The van der Waals surface area contributed by atoms with Crippen molar-refractivity contribution in [2.24, 2.45) is 10.4 Å².